The van der Waals surface area contributed by atoms with E-state index in [-0.39, 0.29) is 11.9 Å². The van der Waals surface area contributed by atoms with E-state index in [1.54, 1.807) is 10.9 Å². The highest BCUT2D eigenvalue weighted by molar-refractivity contribution is 5.94. The Morgan fingerprint density at radius 3 is 2.83 bits per heavy atom. The summed E-state index contributed by atoms with van der Waals surface area (Å²) in [6.45, 7) is 2.42. The maximum absolute atomic E-state index is 12.1. The molecule has 3 aromatic rings. The Bertz CT molecular complexity index is 1040. The van der Waals surface area contributed by atoms with Crippen molar-refractivity contribution in [2.24, 2.45) is 5.73 Å². The van der Waals surface area contributed by atoms with Crippen molar-refractivity contribution in [3.05, 3.63) is 71.3 Å². The summed E-state index contributed by atoms with van der Waals surface area (Å²) in [6.07, 6.45) is 5.49. The number of piperidine rings is 1. The number of H-pyrrole nitrogens is 1. The number of hydrogen-bond acceptors (Lipinski definition) is 5. The van der Waals surface area contributed by atoms with Gasteiger partial charge in [-0.25, -0.2) is 9.48 Å². The van der Waals surface area contributed by atoms with Crippen molar-refractivity contribution in [2.45, 2.75) is 25.3 Å². The number of primary amides is 1. The third kappa shape index (κ3) is 4.13. The Labute approximate surface area is 174 Å². The van der Waals surface area contributed by atoms with Crippen LogP contribution in [0.4, 0.5) is 0 Å². The first-order valence-corrected chi connectivity index (χ1v) is 9.98. The van der Waals surface area contributed by atoms with Crippen LogP contribution in [0.5, 0.6) is 0 Å². The fourth-order valence-corrected chi connectivity index (χ4v) is 4.03. The first kappa shape index (κ1) is 19.9. The minimum absolute atomic E-state index is 0.116. The number of likely N-dealkylation sites (tertiary alicyclic amines) is 1. The summed E-state index contributed by atoms with van der Waals surface area (Å²) in [5.74, 6) is -0.724. The molecule has 1 unspecified atom stereocenters. The lowest BCUT2D eigenvalue weighted by atomic mass is 9.92. The van der Waals surface area contributed by atoms with E-state index in [2.05, 4.69) is 9.88 Å². The van der Waals surface area contributed by atoms with Crippen LogP contribution in [0.15, 0.2) is 48.8 Å². The van der Waals surface area contributed by atoms with Gasteiger partial charge in [0.05, 0.1) is 24.1 Å². The van der Waals surface area contributed by atoms with Gasteiger partial charge in [0.2, 0.25) is 0 Å². The van der Waals surface area contributed by atoms with Gasteiger partial charge in [0, 0.05) is 31.4 Å². The van der Waals surface area contributed by atoms with Gasteiger partial charge >= 0.3 is 5.97 Å². The quantitative estimate of drug-likeness (QED) is 0.611. The van der Waals surface area contributed by atoms with Crippen LogP contribution in [0.25, 0.3) is 5.69 Å². The second-order valence-corrected chi connectivity index (χ2v) is 7.56. The smallest absolute Gasteiger partial charge is 0.354 e. The van der Waals surface area contributed by atoms with Crippen LogP contribution in [-0.4, -0.2) is 51.7 Å². The first-order chi connectivity index (χ1) is 14.5. The summed E-state index contributed by atoms with van der Waals surface area (Å²) in [4.78, 5) is 29.0. The number of nitrogens with two attached hydrogens (primary N) is 1. The molecule has 0 bridgehead atoms. The van der Waals surface area contributed by atoms with Gasteiger partial charge in [-0.1, -0.05) is 18.2 Å². The lowest BCUT2D eigenvalue weighted by Crippen LogP contribution is -2.34. The molecule has 1 aromatic carbocycles. The second kappa shape index (κ2) is 8.54. The molecule has 0 radical (unpaired) electrons. The zero-order valence-electron chi connectivity index (χ0n) is 16.9. The maximum atomic E-state index is 12.1. The number of amides is 1. The van der Waals surface area contributed by atoms with Crippen LogP contribution in [-0.2, 0) is 11.3 Å². The van der Waals surface area contributed by atoms with Gasteiger partial charge in [-0.05, 0) is 43.1 Å². The zero-order chi connectivity index (χ0) is 21.1. The van der Waals surface area contributed by atoms with E-state index >= 15 is 0 Å². The summed E-state index contributed by atoms with van der Waals surface area (Å²) >= 11 is 0. The van der Waals surface area contributed by atoms with E-state index in [4.69, 9.17) is 15.6 Å². The van der Waals surface area contributed by atoms with Crippen molar-refractivity contribution in [1.29, 1.82) is 0 Å². The summed E-state index contributed by atoms with van der Waals surface area (Å²) in [5, 5.41) is 4.73. The van der Waals surface area contributed by atoms with Gasteiger partial charge in [0.1, 0.15) is 5.69 Å². The van der Waals surface area contributed by atoms with Crippen molar-refractivity contribution in [2.75, 3.05) is 20.2 Å². The van der Waals surface area contributed by atoms with E-state index in [1.807, 2.05) is 42.6 Å². The number of carbonyl (C=O) groups excluding carboxylic acids is 2. The SMILES string of the molecule is COC(=O)c1cc(CN2CCCC(c3nn(-c4ccccc4)cc3C(N)=O)C2)c[nH]1. The van der Waals surface area contributed by atoms with Gasteiger partial charge in [0.25, 0.3) is 5.91 Å². The standard InChI is InChI=1S/C22H25N5O3/c1-30-22(29)19-10-15(11-24-19)12-26-9-5-6-16(13-26)20-18(21(23)28)14-27(25-20)17-7-3-2-4-8-17/h2-4,7-8,10-11,14,16,24H,5-6,9,12-13H2,1H3,(H2,23,28). The molecule has 1 amide bonds. The normalized spacial score (nSPS) is 17.0. The van der Waals surface area contributed by atoms with Crippen LogP contribution >= 0.6 is 0 Å². The van der Waals surface area contributed by atoms with Crippen molar-refractivity contribution >= 4 is 11.9 Å². The molecule has 3 N–H and O–H groups in total. The molecule has 1 saturated heterocycles. The number of carbonyl (C=O) groups is 2. The molecular weight excluding hydrogens is 382 g/mol. The number of nitrogens with zero attached hydrogens (tertiary/aromatic N) is 3. The van der Waals surface area contributed by atoms with Gasteiger partial charge < -0.3 is 15.5 Å². The predicted molar refractivity (Wildman–Crippen MR) is 111 cm³/mol. The number of rotatable bonds is 6. The highest BCUT2D eigenvalue weighted by Gasteiger charge is 2.28. The Balaban J connectivity index is 1.53. The summed E-state index contributed by atoms with van der Waals surface area (Å²) in [6, 6.07) is 11.5. The van der Waals surface area contributed by atoms with Crippen LogP contribution in [0, 0.1) is 0 Å². The van der Waals surface area contributed by atoms with Gasteiger partial charge in [0.15, 0.2) is 0 Å². The molecule has 3 heterocycles. The molecule has 156 valence electrons. The fraction of sp³-hybridized carbons (Fsp3) is 0.318. The Kier molecular flexibility index (Phi) is 5.67. The number of aromatic amines is 1. The zero-order valence-corrected chi connectivity index (χ0v) is 16.9. The van der Waals surface area contributed by atoms with Crippen molar-refractivity contribution in [1.82, 2.24) is 19.7 Å². The van der Waals surface area contributed by atoms with E-state index in [0.29, 0.717) is 17.8 Å². The van der Waals surface area contributed by atoms with Gasteiger partial charge in [-0.3, -0.25) is 9.69 Å². The lowest BCUT2D eigenvalue weighted by Gasteiger charge is -2.32. The van der Waals surface area contributed by atoms with Crippen molar-refractivity contribution in [3.8, 4) is 5.69 Å². The molecule has 1 aliphatic rings. The number of para-hydroxylation sites is 1. The molecule has 0 saturated carbocycles. The summed E-state index contributed by atoms with van der Waals surface area (Å²) < 4.78 is 6.48. The van der Waals surface area contributed by atoms with E-state index in [0.717, 1.165) is 42.9 Å². The Morgan fingerprint density at radius 2 is 2.10 bits per heavy atom. The van der Waals surface area contributed by atoms with Crippen molar-refractivity contribution in [3.63, 3.8) is 0 Å². The van der Waals surface area contributed by atoms with E-state index in [1.165, 1.54) is 7.11 Å². The number of methoxy groups -OCH3 is 1. The topological polar surface area (TPSA) is 106 Å². The number of benzene rings is 1. The largest absolute Gasteiger partial charge is 0.464 e. The van der Waals surface area contributed by atoms with Crippen LogP contribution in [0.1, 0.15) is 50.9 Å². The molecule has 1 aliphatic heterocycles. The average Bonchev–Trinajstić information content (AvgIpc) is 3.42. The minimum Gasteiger partial charge on any atom is -0.464 e. The molecule has 4 rings (SSSR count). The molecule has 1 fully saturated rings. The second-order valence-electron chi connectivity index (χ2n) is 7.56. The monoisotopic (exact) mass is 407 g/mol. The molecule has 30 heavy (non-hydrogen) atoms. The highest BCUT2D eigenvalue weighted by atomic mass is 16.5. The molecule has 2 aromatic heterocycles. The number of esters is 1. The van der Waals surface area contributed by atoms with Crippen LogP contribution < -0.4 is 5.73 Å². The number of hydrogen-bond donors (Lipinski definition) is 2. The summed E-state index contributed by atoms with van der Waals surface area (Å²) in [5.41, 5.74) is 9.23. The first-order valence-electron chi connectivity index (χ1n) is 9.98. The minimum atomic E-state index is -0.461. The van der Waals surface area contributed by atoms with E-state index < -0.39 is 5.91 Å². The van der Waals surface area contributed by atoms with E-state index in [9.17, 15) is 9.59 Å². The molecule has 0 aliphatic carbocycles. The Morgan fingerprint density at radius 1 is 1.30 bits per heavy atom. The molecule has 0 spiro atoms. The molecule has 8 heteroatoms. The molecular formula is C22H25N5O3. The molecule has 8 nitrogen and oxygen atoms in total. The maximum Gasteiger partial charge on any atom is 0.354 e. The third-order valence-corrected chi connectivity index (χ3v) is 5.48. The van der Waals surface area contributed by atoms with Gasteiger partial charge in [-0.15, -0.1) is 0 Å². The Hall–Kier alpha value is -3.39. The summed E-state index contributed by atoms with van der Waals surface area (Å²) in [7, 11) is 1.36. The third-order valence-electron chi connectivity index (χ3n) is 5.48. The fourth-order valence-electron chi connectivity index (χ4n) is 4.03. The van der Waals surface area contributed by atoms with Crippen molar-refractivity contribution < 1.29 is 14.3 Å². The highest BCUT2D eigenvalue weighted by Crippen LogP contribution is 2.30. The van der Waals surface area contributed by atoms with Crippen LogP contribution in [0.3, 0.4) is 0 Å². The average molecular weight is 407 g/mol. The predicted octanol–water partition coefficient (Wildman–Crippen LogP) is 2.47. The van der Waals surface area contributed by atoms with Crippen LogP contribution in [0.2, 0.25) is 0 Å². The lowest BCUT2D eigenvalue weighted by molar-refractivity contribution is 0.0594. The number of ether oxygens (including phenoxy) is 1. The molecule has 1 atom stereocenters. The number of aromatic nitrogens is 3. The van der Waals surface area contributed by atoms with Gasteiger partial charge in [-0.2, -0.15) is 5.10 Å². The number of nitrogens with one attached hydrogen (secondary N) is 1.